The molecule has 15 heteroatoms. The quantitative estimate of drug-likeness (QED) is 0.203. The average molecular weight is 680 g/mol. The monoisotopic (exact) mass is 679 g/mol. The van der Waals surface area contributed by atoms with Gasteiger partial charge in [0.2, 0.25) is 11.8 Å². The number of para-hydroxylation sites is 1. The number of nitrogens with zero attached hydrogens (tertiary/aromatic N) is 2. The number of likely N-dealkylation sites (tertiary alicyclic amines) is 1. The fourth-order valence-electron chi connectivity index (χ4n) is 5.27. The van der Waals surface area contributed by atoms with Gasteiger partial charge in [-0.1, -0.05) is 45.0 Å². The zero-order valence-electron chi connectivity index (χ0n) is 25.7. The number of hydrogen-bond acceptors (Lipinski definition) is 7. The van der Waals surface area contributed by atoms with Crippen LogP contribution < -0.4 is 10.2 Å². The summed E-state index contributed by atoms with van der Waals surface area (Å²) in [6.45, 7) is 5.60. The predicted octanol–water partition coefficient (Wildman–Crippen LogP) is 4.86. The van der Waals surface area contributed by atoms with Gasteiger partial charge in [0.15, 0.2) is 0 Å². The maximum absolute atomic E-state index is 14.3. The van der Waals surface area contributed by atoms with E-state index in [1.807, 2.05) is 0 Å². The van der Waals surface area contributed by atoms with E-state index in [1.54, 1.807) is 51.1 Å². The SMILES string of the molecule is COC(=O)CCN(C(=O)[C@@H]1CCCN1C(=O)[C@@H](NC(=O)c1cc2cc(C(F)(F)P(=O)(O)O)ccc2s1)C(C)(C)C)c1ccccc1. The zero-order chi connectivity index (χ0) is 34.0. The number of ether oxygens (including phenoxy) is 1. The largest absolute Gasteiger partial charge is 0.469 e. The zero-order valence-corrected chi connectivity index (χ0v) is 27.4. The summed E-state index contributed by atoms with van der Waals surface area (Å²) in [5.74, 6) is -1.98. The van der Waals surface area contributed by atoms with Gasteiger partial charge < -0.3 is 29.6 Å². The second kappa shape index (κ2) is 13.6. The van der Waals surface area contributed by atoms with Crippen molar-refractivity contribution >= 4 is 58.4 Å². The van der Waals surface area contributed by atoms with Gasteiger partial charge in [-0.05, 0) is 54.0 Å². The summed E-state index contributed by atoms with van der Waals surface area (Å²) in [5.41, 5.74) is -5.54. The Kier molecular flexibility index (Phi) is 10.4. The summed E-state index contributed by atoms with van der Waals surface area (Å²) in [7, 11) is -4.53. The molecule has 1 aliphatic heterocycles. The highest BCUT2D eigenvalue weighted by molar-refractivity contribution is 7.52. The first-order valence-electron chi connectivity index (χ1n) is 14.5. The first kappa shape index (κ1) is 35.1. The Morgan fingerprint density at radius 1 is 1.11 bits per heavy atom. The van der Waals surface area contributed by atoms with E-state index in [-0.39, 0.29) is 35.7 Å². The molecule has 3 amide bonds. The number of alkyl halides is 2. The van der Waals surface area contributed by atoms with E-state index < -0.39 is 54.1 Å². The van der Waals surface area contributed by atoms with Gasteiger partial charge in [-0.3, -0.25) is 23.7 Å². The lowest BCUT2D eigenvalue weighted by molar-refractivity contribution is -0.142. The number of benzene rings is 2. The van der Waals surface area contributed by atoms with Crippen LogP contribution in [0.1, 0.15) is 55.3 Å². The molecule has 4 rings (SSSR count). The highest BCUT2D eigenvalue weighted by Gasteiger charge is 2.50. The minimum absolute atomic E-state index is 0.0429. The van der Waals surface area contributed by atoms with Crippen molar-refractivity contribution in [2.45, 2.75) is 57.8 Å². The number of thiophene rings is 1. The Hall–Kier alpha value is -3.71. The topological polar surface area (TPSA) is 154 Å². The van der Waals surface area contributed by atoms with Crippen molar-refractivity contribution in [3.05, 3.63) is 65.0 Å². The molecule has 0 aliphatic carbocycles. The van der Waals surface area contributed by atoms with Crippen molar-refractivity contribution < 1.29 is 47.0 Å². The van der Waals surface area contributed by atoms with E-state index in [0.29, 0.717) is 23.2 Å². The van der Waals surface area contributed by atoms with Crippen LogP contribution >= 0.6 is 18.9 Å². The molecule has 248 valence electrons. The molecule has 2 aromatic carbocycles. The Bertz CT molecular complexity index is 1670. The molecular formula is C31H36F2N3O8PS. The van der Waals surface area contributed by atoms with Crippen molar-refractivity contribution in [1.29, 1.82) is 0 Å². The second-order valence-electron chi connectivity index (χ2n) is 12.1. The number of fused-ring (bicyclic) bond motifs is 1. The summed E-state index contributed by atoms with van der Waals surface area (Å²) in [6.07, 6.45) is 0.880. The molecule has 1 fully saturated rings. The molecule has 1 aliphatic rings. The molecule has 2 atom stereocenters. The lowest BCUT2D eigenvalue weighted by Crippen LogP contribution is -2.58. The number of nitrogens with one attached hydrogen (secondary N) is 1. The van der Waals surface area contributed by atoms with Crippen LogP contribution in [0.15, 0.2) is 54.6 Å². The van der Waals surface area contributed by atoms with Crippen LogP contribution in [0.2, 0.25) is 0 Å². The summed E-state index contributed by atoms with van der Waals surface area (Å²) < 4.78 is 45.1. The Balaban J connectivity index is 1.58. The Morgan fingerprint density at radius 3 is 2.39 bits per heavy atom. The second-order valence-corrected chi connectivity index (χ2v) is 14.8. The fourth-order valence-corrected chi connectivity index (χ4v) is 6.70. The predicted molar refractivity (Wildman–Crippen MR) is 169 cm³/mol. The average Bonchev–Trinajstić information content (AvgIpc) is 3.66. The maximum atomic E-state index is 14.3. The first-order valence-corrected chi connectivity index (χ1v) is 16.9. The number of carbonyl (C=O) groups excluding carboxylic acids is 4. The lowest BCUT2D eigenvalue weighted by Gasteiger charge is -2.36. The summed E-state index contributed by atoms with van der Waals surface area (Å²) in [6, 6.07) is 11.2. The number of carbonyl (C=O) groups is 4. The van der Waals surface area contributed by atoms with Crippen LogP contribution in [0.3, 0.4) is 0 Å². The van der Waals surface area contributed by atoms with Crippen LogP contribution in [0, 0.1) is 5.41 Å². The lowest BCUT2D eigenvalue weighted by atomic mass is 9.85. The van der Waals surface area contributed by atoms with Crippen molar-refractivity contribution in [1.82, 2.24) is 10.2 Å². The fraction of sp³-hybridized carbons (Fsp3) is 0.419. The van der Waals surface area contributed by atoms with E-state index in [9.17, 15) is 32.5 Å². The maximum Gasteiger partial charge on any atom is 0.399 e. The number of halogens is 2. The molecule has 1 saturated heterocycles. The highest BCUT2D eigenvalue weighted by Crippen LogP contribution is 2.59. The molecule has 1 aromatic heterocycles. The number of esters is 1. The minimum Gasteiger partial charge on any atom is -0.469 e. The van der Waals surface area contributed by atoms with Crippen molar-refractivity contribution in [3.8, 4) is 0 Å². The van der Waals surface area contributed by atoms with E-state index in [0.717, 1.165) is 23.5 Å². The minimum atomic E-state index is -5.79. The standard InChI is InChI=1S/C31H36F2N3O8PS/c1-30(2,3)26(34-27(38)24-18-19-17-20(12-13-23(19)46-24)31(32,33)45(41,42)43)29(40)36-15-8-11-22(36)28(39)35(16-14-25(37)44-4)21-9-6-5-7-10-21/h5-7,9-10,12-13,17-18,22,26H,8,11,14-16H2,1-4H3,(H,34,38)(H2,41,42,43)/t22-,26+/m0/s1. The summed E-state index contributed by atoms with van der Waals surface area (Å²) in [5, 5.41) is 2.95. The van der Waals surface area contributed by atoms with E-state index in [2.05, 4.69) is 5.32 Å². The van der Waals surface area contributed by atoms with Gasteiger partial charge in [0.25, 0.3) is 5.91 Å². The summed E-state index contributed by atoms with van der Waals surface area (Å²) in [4.78, 5) is 74.6. The Morgan fingerprint density at radius 2 is 1.78 bits per heavy atom. The molecule has 0 bridgehead atoms. The molecule has 0 radical (unpaired) electrons. The number of anilines is 1. The molecular weight excluding hydrogens is 643 g/mol. The van der Waals surface area contributed by atoms with Gasteiger partial charge in [-0.15, -0.1) is 11.3 Å². The molecule has 11 nitrogen and oxygen atoms in total. The van der Waals surface area contributed by atoms with Gasteiger partial charge in [0.1, 0.15) is 12.1 Å². The molecule has 3 N–H and O–H groups in total. The van der Waals surface area contributed by atoms with E-state index in [4.69, 9.17) is 14.5 Å². The third-order valence-corrected chi connectivity index (χ3v) is 9.87. The molecule has 2 heterocycles. The van der Waals surface area contributed by atoms with E-state index >= 15 is 0 Å². The van der Waals surface area contributed by atoms with Crippen LogP contribution in [0.25, 0.3) is 10.1 Å². The van der Waals surface area contributed by atoms with Crippen LogP contribution in [0.5, 0.6) is 0 Å². The van der Waals surface area contributed by atoms with Crippen molar-refractivity contribution in [2.75, 3.05) is 25.1 Å². The van der Waals surface area contributed by atoms with Crippen LogP contribution in [-0.2, 0) is 29.3 Å². The molecule has 3 aromatic rings. The van der Waals surface area contributed by atoms with Crippen LogP contribution in [-0.4, -0.2) is 70.7 Å². The van der Waals surface area contributed by atoms with Crippen molar-refractivity contribution in [3.63, 3.8) is 0 Å². The molecule has 0 unspecified atom stereocenters. The summed E-state index contributed by atoms with van der Waals surface area (Å²) >= 11 is 0.971. The smallest absolute Gasteiger partial charge is 0.399 e. The van der Waals surface area contributed by atoms with Crippen molar-refractivity contribution in [2.24, 2.45) is 5.41 Å². The van der Waals surface area contributed by atoms with Gasteiger partial charge >= 0.3 is 19.2 Å². The van der Waals surface area contributed by atoms with E-state index in [1.165, 1.54) is 29.0 Å². The van der Waals surface area contributed by atoms with Gasteiger partial charge in [0.05, 0.1) is 18.4 Å². The third kappa shape index (κ3) is 7.46. The van der Waals surface area contributed by atoms with Gasteiger partial charge in [-0.25, -0.2) is 0 Å². The van der Waals surface area contributed by atoms with Crippen LogP contribution in [0.4, 0.5) is 14.5 Å². The van der Waals surface area contributed by atoms with Gasteiger partial charge in [-0.2, -0.15) is 8.78 Å². The normalized spacial score (nSPS) is 16.3. The number of methoxy groups -OCH3 is 1. The molecule has 0 saturated carbocycles. The third-order valence-electron chi connectivity index (χ3n) is 7.76. The molecule has 0 spiro atoms. The first-order chi connectivity index (χ1) is 21.5. The Labute approximate surface area is 268 Å². The van der Waals surface area contributed by atoms with Gasteiger partial charge in [0, 0.05) is 29.0 Å². The number of amides is 3. The number of hydrogen-bond donors (Lipinski definition) is 3. The number of rotatable bonds is 10. The highest BCUT2D eigenvalue weighted by atomic mass is 32.1. The molecule has 46 heavy (non-hydrogen) atoms.